The fourth-order valence-corrected chi connectivity index (χ4v) is 3.61. The van der Waals surface area contributed by atoms with Crippen molar-refractivity contribution in [1.82, 2.24) is 5.32 Å². The van der Waals surface area contributed by atoms with Gasteiger partial charge in [0.25, 0.3) is 0 Å². The molecule has 0 spiro atoms. The molecule has 5 nitrogen and oxygen atoms in total. The monoisotopic (exact) mass is 458 g/mol. The molecule has 8 heteroatoms. The standard InChI is InChI=1S/C24H25ClF2N4O/c1-3-6-16(14-28)22(4-2)32-12-5-11-30-24(29)20-10-9-19(23(20)31-15-25)18-8-7-17(26)13-21(18)27/h3-4,6-8,13,15,19H,1,5,9-12H2,2H3,(H2,29,30)/b16-6-,22-4+,31-15+. The lowest BCUT2D eigenvalue weighted by molar-refractivity contribution is 0.218. The highest BCUT2D eigenvalue weighted by Crippen LogP contribution is 2.41. The molecule has 0 fully saturated rings. The minimum atomic E-state index is -0.643. The Bertz CT molecular complexity index is 1020. The van der Waals surface area contributed by atoms with Gasteiger partial charge in [-0.05, 0) is 50.0 Å². The molecule has 1 aromatic carbocycles. The summed E-state index contributed by atoms with van der Waals surface area (Å²) in [7, 11) is 0. The number of hydrogen-bond acceptors (Lipinski definition) is 4. The lowest BCUT2D eigenvalue weighted by atomic mass is 9.96. The van der Waals surface area contributed by atoms with E-state index in [1.54, 1.807) is 19.1 Å². The molecule has 2 rings (SSSR count). The molecule has 1 aliphatic carbocycles. The van der Waals surface area contributed by atoms with Gasteiger partial charge < -0.3 is 10.1 Å². The van der Waals surface area contributed by atoms with Crippen molar-refractivity contribution in [2.75, 3.05) is 13.2 Å². The van der Waals surface area contributed by atoms with E-state index >= 15 is 0 Å². The molecule has 168 valence electrons. The number of aliphatic imine (C=N–C) groups is 1. The summed E-state index contributed by atoms with van der Waals surface area (Å²) in [5, 5.41) is 20.6. The van der Waals surface area contributed by atoms with Crippen molar-refractivity contribution in [3.8, 4) is 6.07 Å². The maximum atomic E-state index is 14.3. The summed E-state index contributed by atoms with van der Waals surface area (Å²) in [5.41, 5.74) is 2.97. The number of benzene rings is 1. The lowest BCUT2D eigenvalue weighted by Crippen LogP contribution is -2.26. The van der Waals surface area contributed by atoms with Gasteiger partial charge in [-0.25, -0.2) is 13.8 Å². The van der Waals surface area contributed by atoms with Gasteiger partial charge >= 0.3 is 0 Å². The number of hydrogen-bond donors (Lipinski definition) is 2. The van der Waals surface area contributed by atoms with Gasteiger partial charge in [-0.15, -0.1) is 0 Å². The first-order valence-corrected chi connectivity index (χ1v) is 10.6. The Kier molecular flexibility index (Phi) is 9.83. The molecule has 1 atom stereocenters. The summed E-state index contributed by atoms with van der Waals surface area (Å²) in [6.07, 6.45) is 6.47. The summed E-state index contributed by atoms with van der Waals surface area (Å²) >= 11 is 5.69. The van der Waals surface area contributed by atoms with Crippen LogP contribution in [-0.2, 0) is 4.74 Å². The fourth-order valence-electron chi connectivity index (χ4n) is 3.51. The van der Waals surface area contributed by atoms with Crippen molar-refractivity contribution in [2.24, 2.45) is 4.99 Å². The maximum absolute atomic E-state index is 14.3. The van der Waals surface area contributed by atoms with Crippen LogP contribution in [0, 0.1) is 28.4 Å². The quantitative estimate of drug-likeness (QED) is 0.115. The van der Waals surface area contributed by atoms with Crippen molar-refractivity contribution in [1.29, 1.82) is 10.7 Å². The zero-order chi connectivity index (χ0) is 23.5. The molecule has 1 aliphatic rings. The van der Waals surface area contributed by atoms with Gasteiger partial charge in [-0.2, -0.15) is 5.26 Å². The minimum Gasteiger partial charge on any atom is -0.492 e. The van der Waals surface area contributed by atoms with Crippen molar-refractivity contribution < 1.29 is 13.5 Å². The smallest absolute Gasteiger partial charge is 0.132 e. The SMILES string of the molecule is C=C/C=C(C#N)\C(=C/C)OCCCNC(=N)C1=C(/N=C/Cl)C(c2ccc(F)cc2F)CC1. The van der Waals surface area contributed by atoms with Crippen LogP contribution in [0.2, 0.25) is 0 Å². The Balaban J connectivity index is 1.99. The second-order valence-electron chi connectivity index (χ2n) is 6.93. The molecule has 0 bridgehead atoms. The largest absolute Gasteiger partial charge is 0.492 e. The van der Waals surface area contributed by atoms with E-state index in [1.807, 2.05) is 0 Å². The fraction of sp³-hybridized carbons (Fsp3) is 0.292. The maximum Gasteiger partial charge on any atom is 0.132 e. The number of amidine groups is 1. The molecular formula is C24H25ClF2N4O. The van der Waals surface area contributed by atoms with Crippen LogP contribution in [-0.4, -0.2) is 24.7 Å². The summed E-state index contributed by atoms with van der Waals surface area (Å²) in [6.45, 7) is 6.17. The van der Waals surface area contributed by atoms with Crippen LogP contribution in [0.5, 0.6) is 0 Å². The van der Waals surface area contributed by atoms with Gasteiger partial charge in [-0.3, -0.25) is 5.41 Å². The molecule has 0 aromatic heterocycles. The third-order valence-electron chi connectivity index (χ3n) is 4.96. The second kappa shape index (κ2) is 12.6. The van der Waals surface area contributed by atoms with Crippen molar-refractivity contribution >= 4 is 23.1 Å². The molecule has 1 aromatic rings. The van der Waals surface area contributed by atoms with Crippen LogP contribution in [0.15, 0.2) is 70.6 Å². The Labute approximate surface area is 192 Å². The van der Waals surface area contributed by atoms with Crippen molar-refractivity contribution in [3.63, 3.8) is 0 Å². The Morgan fingerprint density at radius 3 is 2.88 bits per heavy atom. The average molecular weight is 459 g/mol. The van der Waals surface area contributed by atoms with E-state index in [1.165, 1.54) is 18.2 Å². The van der Waals surface area contributed by atoms with Crippen LogP contribution in [0.4, 0.5) is 8.78 Å². The van der Waals surface area contributed by atoms with Crippen LogP contribution in [0.25, 0.3) is 0 Å². The molecule has 32 heavy (non-hydrogen) atoms. The number of nitriles is 1. The summed E-state index contributed by atoms with van der Waals surface area (Å²) < 4.78 is 33.2. The van der Waals surface area contributed by atoms with Crippen LogP contribution in [0.1, 0.15) is 37.7 Å². The lowest BCUT2D eigenvalue weighted by Gasteiger charge is -2.14. The second-order valence-corrected chi connectivity index (χ2v) is 7.13. The zero-order valence-electron chi connectivity index (χ0n) is 17.8. The van der Waals surface area contributed by atoms with E-state index in [2.05, 4.69) is 23.0 Å². The van der Waals surface area contributed by atoms with Crippen molar-refractivity contribution in [2.45, 2.75) is 32.1 Å². The van der Waals surface area contributed by atoms with E-state index in [9.17, 15) is 8.78 Å². The van der Waals surface area contributed by atoms with E-state index < -0.39 is 17.6 Å². The topological polar surface area (TPSA) is 81.3 Å². The third-order valence-corrected chi connectivity index (χ3v) is 5.06. The van der Waals surface area contributed by atoms with E-state index in [0.29, 0.717) is 60.6 Å². The number of nitrogens with zero attached hydrogens (tertiary/aromatic N) is 2. The average Bonchev–Trinajstić information content (AvgIpc) is 3.18. The highest BCUT2D eigenvalue weighted by molar-refractivity contribution is 6.56. The molecule has 0 radical (unpaired) electrons. The first kappa shape index (κ1) is 25.0. The van der Waals surface area contributed by atoms with Gasteiger partial charge in [-0.1, -0.05) is 30.3 Å². The highest BCUT2D eigenvalue weighted by atomic mass is 35.5. The zero-order valence-corrected chi connectivity index (χ0v) is 18.6. The third kappa shape index (κ3) is 6.38. The molecule has 0 aliphatic heterocycles. The summed E-state index contributed by atoms with van der Waals surface area (Å²) in [6, 6.07) is 5.53. The van der Waals surface area contributed by atoms with E-state index in [-0.39, 0.29) is 5.84 Å². The predicted molar refractivity (Wildman–Crippen MR) is 124 cm³/mol. The first-order valence-electron chi connectivity index (χ1n) is 10.1. The van der Waals surface area contributed by atoms with Gasteiger partial charge in [0.15, 0.2) is 0 Å². The van der Waals surface area contributed by atoms with Gasteiger partial charge in [0, 0.05) is 24.1 Å². The van der Waals surface area contributed by atoms with Crippen LogP contribution < -0.4 is 5.32 Å². The summed E-state index contributed by atoms with van der Waals surface area (Å²) in [4.78, 5) is 4.17. The van der Waals surface area contributed by atoms with Gasteiger partial charge in [0.1, 0.15) is 29.3 Å². The first-order chi connectivity index (χ1) is 15.5. The highest BCUT2D eigenvalue weighted by Gasteiger charge is 2.30. The normalized spacial score (nSPS) is 16.9. The number of halogens is 3. The molecule has 1 unspecified atom stereocenters. The Morgan fingerprint density at radius 2 is 2.25 bits per heavy atom. The van der Waals surface area contributed by atoms with Gasteiger partial charge in [0.05, 0.1) is 23.6 Å². The molecule has 0 saturated heterocycles. The number of rotatable bonds is 10. The summed E-state index contributed by atoms with van der Waals surface area (Å²) in [5.74, 6) is -1.02. The predicted octanol–water partition coefficient (Wildman–Crippen LogP) is 5.88. The van der Waals surface area contributed by atoms with E-state index in [4.69, 9.17) is 27.0 Å². The number of nitrogens with one attached hydrogen (secondary N) is 2. The Hall–Kier alpha value is -3.24. The number of ether oxygens (including phenoxy) is 1. The van der Waals surface area contributed by atoms with E-state index in [0.717, 1.165) is 11.7 Å². The molecule has 2 N–H and O–H groups in total. The molecule has 0 heterocycles. The number of allylic oxidation sites excluding steroid dienone is 5. The Morgan fingerprint density at radius 1 is 1.47 bits per heavy atom. The van der Waals surface area contributed by atoms with Crippen LogP contribution in [0.3, 0.4) is 0 Å². The molecular weight excluding hydrogens is 434 g/mol. The molecule has 0 saturated carbocycles. The minimum absolute atomic E-state index is 0.183. The molecule has 0 amide bonds. The van der Waals surface area contributed by atoms with Crippen molar-refractivity contribution in [3.05, 3.63) is 82.8 Å². The van der Waals surface area contributed by atoms with Crippen LogP contribution >= 0.6 is 11.6 Å². The van der Waals surface area contributed by atoms with Gasteiger partial charge in [0.2, 0.25) is 0 Å².